The molecule has 0 radical (unpaired) electrons. The van der Waals surface area contributed by atoms with Crippen LogP contribution in [0.15, 0.2) is 134 Å². The van der Waals surface area contributed by atoms with Crippen LogP contribution in [0.3, 0.4) is 0 Å². The summed E-state index contributed by atoms with van der Waals surface area (Å²) < 4.78 is 10.8. The first-order chi connectivity index (χ1) is 43.6. The lowest BCUT2D eigenvalue weighted by Gasteiger charge is -2.15. The molecule has 0 amide bonds. The lowest BCUT2D eigenvalue weighted by atomic mass is 10.0. The SMILES string of the molecule is CC/C=C\C/C=C\C/C=C\C/C=C\C/C=C\C/C=C\C/C=C\CCCCCCCCCCCCCCCCCCCCCC(=O)OC(CO)COC(=O)CCCCCCCCCCCCCCCCCCCCCC/C=C\C/C=C\C/C=C\C/C=C\CC. The maximum absolute atomic E-state index is 12.4. The van der Waals surface area contributed by atoms with Crippen molar-refractivity contribution in [3.8, 4) is 0 Å². The van der Waals surface area contributed by atoms with Crippen LogP contribution in [-0.4, -0.2) is 36.4 Å². The molecule has 504 valence electrons. The van der Waals surface area contributed by atoms with Crippen LogP contribution in [0, 0.1) is 0 Å². The molecule has 88 heavy (non-hydrogen) atoms. The molecule has 0 aromatic heterocycles. The minimum Gasteiger partial charge on any atom is -0.462 e. The Bertz CT molecular complexity index is 1770. The molecule has 0 heterocycles. The van der Waals surface area contributed by atoms with Crippen LogP contribution in [0.2, 0.25) is 0 Å². The Hall–Kier alpha value is -3.96. The van der Waals surface area contributed by atoms with Gasteiger partial charge in [-0.05, 0) is 109 Å². The summed E-state index contributed by atoms with van der Waals surface area (Å²) >= 11 is 0. The number of allylic oxidation sites excluding steroid dienone is 22. The van der Waals surface area contributed by atoms with Crippen LogP contribution >= 0.6 is 0 Å². The van der Waals surface area contributed by atoms with Gasteiger partial charge >= 0.3 is 11.9 Å². The maximum Gasteiger partial charge on any atom is 0.306 e. The average molecular weight is 1220 g/mol. The van der Waals surface area contributed by atoms with Crippen molar-refractivity contribution in [3.63, 3.8) is 0 Å². The third-order valence-corrected chi connectivity index (χ3v) is 16.4. The molecule has 0 aliphatic heterocycles. The van der Waals surface area contributed by atoms with Gasteiger partial charge in [0.05, 0.1) is 6.61 Å². The summed E-state index contributed by atoms with van der Waals surface area (Å²) in [4.78, 5) is 24.7. The summed E-state index contributed by atoms with van der Waals surface area (Å²) in [7, 11) is 0. The van der Waals surface area contributed by atoms with Crippen molar-refractivity contribution < 1.29 is 24.2 Å². The third-order valence-electron chi connectivity index (χ3n) is 16.4. The highest BCUT2D eigenvalue weighted by molar-refractivity contribution is 5.70. The molecule has 0 spiro atoms. The van der Waals surface area contributed by atoms with Gasteiger partial charge in [0.15, 0.2) is 6.10 Å². The molecular formula is C83H142O5. The molecule has 0 bridgehead atoms. The average Bonchev–Trinajstić information content (AvgIpc) is 3.56. The zero-order valence-electron chi connectivity index (χ0n) is 58.0. The molecule has 0 aromatic rings. The fourth-order valence-electron chi connectivity index (χ4n) is 10.9. The number of hydrogen-bond acceptors (Lipinski definition) is 5. The first kappa shape index (κ1) is 84.0. The van der Waals surface area contributed by atoms with Gasteiger partial charge in [0, 0.05) is 12.8 Å². The van der Waals surface area contributed by atoms with Crippen molar-refractivity contribution in [2.24, 2.45) is 0 Å². The van der Waals surface area contributed by atoms with Gasteiger partial charge in [-0.25, -0.2) is 0 Å². The van der Waals surface area contributed by atoms with Crippen LogP contribution in [0.5, 0.6) is 0 Å². The Morgan fingerprint density at radius 2 is 0.455 bits per heavy atom. The zero-order chi connectivity index (χ0) is 63.3. The van der Waals surface area contributed by atoms with E-state index in [9.17, 15) is 14.7 Å². The van der Waals surface area contributed by atoms with E-state index in [1.807, 2.05) is 0 Å². The number of aliphatic hydroxyl groups excluding tert-OH is 1. The highest BCUT2D eigenvalue weighted by atomic mass is 16.6. The van der Waals surface area contributed by atoms with E-state index in [1.54, 1.807) is 0 Å². The van der Waals surface area contributed by atoms with E-state index in [-0.39, 0.29) is 25.2 Å². The number of carbonyl (C=O) groups excluding carboxylic acids is 2. The van der Waals surface area contributed by atoms with E-state index >= 15 is 0 Å². The minimum atomic E-state index is -0.777. The highest BCUT2D eigenvalue weighted by Gasteiger charge is 2.16. The lowest BCUT2D eigenvalue weighted by Crippen LogP contribution is -2.28. The molecule has 5 nitrogen and oxygen atoms in total. The normalized spacial score (nSPS) is 13.0. The van der Waals surface area contributed by atoms with Crippen LogP contribution < -0.4 is 0 Å². The number of esters is 2. The van der Waals surface area contributed by atoms with Crippen LogP contribution in [0.25, 0.3) is 0 Å². The van der Waals surface area contributed by atoms with Gasteiger partial charge in [-0.15, -0.1) is 0 Å². The molecule has 1 atom stereocenters. The molecule has 0 saturated heterocycles. The van der Waals surface area contributed by atoms with E-state index in [0.29, 0.717) is 12.8 Å². The molecule has 0 aromatic carbocycles. The zero-order valence-corrected chi connectivity index (χ0v) is 58.0. The third kappa shape index (κ3) is 74.5. The van der Waals surface area contributed by atoms with E-state index in [1.165, 1.54) is 225 Å². The van der Waals surface area contributed by atoms with Crippen molar-refractivity contribution in [1.82, 2.24) is 0 Å². The molecule has 0 aliphatic rings. The number of ether oxygens (including phenoxy) is 2. The Kier molecular flexibility index (Phi) is 73.8. The van der Waals surface area contributed by atoms with Crippen LogP contribution in [-0.2, 0) is 19.1 Å². The summed E-state index contributed by atoms with van der Waals surface area (Å²) in [6.07, 6.45) is 115. The van der Waals surface area contributed by atoms with Crippen molar-refractivity contribution in [2.75, 3.05) is 13.2 Å². The Morgan fingerprint density at radius 1 is 0.261 bits per heavy atom. The Labute approximate surface area is 546 Å². The number of carbonyl (C=O) groups is 2. The molecule has 5 heteroatoms. The fraction of sp³-hybridized carbons (Fsp3) is 0.711. The standard InChI is InChI=1S/C83H142O5/c1-3-5-7-9-11-13-15-17-19-21-23-25-27-29-31-33-35-37-38-39-40-41-42-43-44-46-48-50-52-54-56-58-60-62-64-66-68-70-72-74-76-78-83(86)88-81(79-84)80-87-82(85)77-75-73-71-69-67-65-63-61-59-57-55-53-51-49-47-45-36-34-32-30-28-26-24-22-20-18-16-14-12-10-8-6-4-2/h5-8,11-14,17-20,23-26,29,31,35,37,39-40,81,84H,3-4,9-10,15-16,21-22,27-28,30,32-34,36,38,41-80H2,1-2H3/b7-5-,8-6-,13-11-,14-12-,19-17-,20-18-,25-23-,26-24-,31-29-,37-35-,40-39-. The molecule has 0 rings (SSSR count). The smallest absolute Gasteiger partial charge is 0.306 e. The van der Waals surface area contributed by atoms with Gasteiger partial charge in [0.1, 0.15) is 6.61 Å². The molecule has 1 unspecified atom stereocenters. The highest BCUT2D eigenvalue weighted by Crippen LogP contribution is 2.18. The lowest BCUT2D eigenvalue weighted by molar-refractivity contribution is -0.161. The largest absolute Gasteiger partial charge is 0.462 e. The second-order valence-electron chi connectivity index (χ2n) is 25.0. The number of rotatable bonds is 69. The Morgan fingerprint density at radius 3 is 0.682 bits per heavy atom. The number of hydrogen-bond donors (Lipinski definition) is 1. The van der Waals surface area contributed by atoms with Gasteiger partial charge in [0.2, 0.25) is 0 Å². The van der Waals surface area contributed by atoms with Gasteiger partial charge in [-0.1, -0.05) is 372 Å². The second kappa shape index (κ2) is 77.3. The van der Waals surface area contributed by atoms with Crippen molar-refractivity contribution in [1.29, 1.82) is 0 Å². The maximum atomic E-state index is 12.4. The first-order valence-corrected chi connectivity index (χ1v) is 37.7. The van der Waals surface area contributed by atoms with Crippen molar-refractivity contribution >= 4 is 11.9 Å². The van der Waals surface area contributed by atoms with Gasteiger partial charge in [-0.2, -0.15) is 0 Å². The van der Waals surface area contributed by atoms with Gasteiger partial charge in [-0.3, -0.25) is 9.59 Å². The molecule has 0 fully saturated rings. The van der Waals surface area contributed by atoms with Crippen LogP contribution in [0.1, 0.15) is 361 Å². The van der Waals surface area contributed by atoms with Crippen molar-refractivity contribution in [3.05, 3.63) is 134 Å². The monoisotopic (exact) mass is 1220 g/mol. The minimum absolute atomic E-state index is 0.0655. The predicted molar refractivity (Wildman–Crippen MR) is 389 cm³/mol. The summed E-state index contributed by atoms with van der Waals surface area (Å²) in [6, 6.07) is 0. The van der Waals surface area contributed by atoms with Crippen molar-refractivity contribution in [2.45, 2.75) is 367 Å². The summed E-state index contributed by atoms with van der Waals surface area (Å²) in [6.45, 7) is 3.95. The first-order valence-electron chi connectivity index (χ1n) is 37.7. The Balaban J connectivity index is 3.44. The molecule has 1 N–H and O–H groups in total. The summed E-state index contributed by atoms with van der Waals surface area (Å²) in [5.41, 5.74) is 0. The van der Waals surface area contributed by atoms with Gasteiger partial charge in [0.25, 0.3) is 0 Å². The summed E-state index contributed by atoms with van der Waals surface area (Å²) in [5, 5.41) is 9.72. The molecule has 0 aliphatic carbocycles. The van der Waals surface area contributed by atoms with E-state index in [4.69, 9.17) is 9.47 Å². The summed E-state index contributed by atoms with van der Waals surface area (Å²) in [5.74, 6) is -0.576. The second-order valence-corrected chi connectivity index (χ2v) is 25.0. The van der Waals surface area contributed by atoms with E-state index in [2.05, 4.69) is 148 Å². The molecule has 0 saturated carbocycles. The quantitative estimate of drug-likeness (QED) is 0.0373. The topological polar surface area (TPSA) is 72.8 Å². The van der Waals surface area contributed by atoms with E-state index < -0.39 is 6.10 Å². The molecular weight excluding hydrogens is 1080 g/mol. The van der Waals surface area contributed by atoms with Crippen LogP contribution in [0.4, 0.5) is 0 Å². The number of unbranched alkanes of at least 4 members (excludes halogenated alkanes) is 39. The predicted octanol–water partition coefficient (Wildman–Crippen LogP) is 26.7. The fourth-order valence-corrected chi connectivity index (χ4v) is 10.9. The number of aliphatic hydroxyl groups is 1. The van der Waals surface area contributed by atoms with E-state index in [0.717, 1.165) is 109 Å². The van der Waals surface area contributed by atoms with Gasteiger partial charge < -0.3 is 14.6 Å².